The molecular formula is C12H21BrN4O. The van der Waals surface area contributed by atoms with Crippen molar-refractivity contribution in [2.75, 3.05) is 30.9 Å². The summed E-state index contributed by atoms with van der Waals surface area (Å²) in [5.74, 6) is 1.40. The molecule has 0 bridgehead atoms. The maximum Gasteiger partial charge on any atom is 0.224 e. The predicted molar refractivity (Wildman–Crippen MR) is 78.1 cm³/mol. The van der Waals surface area contributed by atoms with Crippen LogP contribution in [0.25, 0.3) is 0 Å². The van der Waals surface area contributed by atoms with Gasteiger partial charge in [0.05, 0.1) is 16.6 Å². The van der Waals surface area contributed by atoms with Crippen molar-refractivity contribution in [2.24, 2.45) is 0 Å². The van der Waals surface area contributed by atoms with Crippen LogP contribution in [0, 0.1) is 0 Å². The minimum Gasteiger partial charge on any atom is -0.382 e. The average molecular weight is 317 g/mol. The summed E-state index contributed by atoms with van der Waals surface area (Å²) in [5, 5.41) is 6.51. The van der Waals surface area contributed by atoms with E-state index in [1.165, 1.54) is 0 Å². The number of aromatic nitrogens is 2. The zero-order valence-corrected chi connectivity index (χ0v) is 13.0. The number of rotatable bonds is 7. The fraction of sp³-hybridized carbons (Fsp3) is 0.667. The van der Waals surface area contributed by atoms with Gasteiger partial charge in [-0.3, -0.25) is 0 Å². The maximum atomic E-state index is 5.18. The summed E-state index contributed by atoms with van der Waals surface area (Å²) >= 11 is 3.45. The molecule has 0 saturated heterocycles. The Morgan fingerprint density at radius 2 is 2.17 bits per heavy atom. The highest BCUT2D eigenvalue weighted by atomic mass is 79.9. The monoisotopic (exact) mass is 316 g/mol. The van der Waals surface area contributed by atoms with Gasteiger partial charge in [0.15, 0.2) is 0 Å². The Hall–Kier alpha value is -0.880. The van der Waals surface area contributed by atoms with Crippen molar-refractivity contribution in [1.82, 2.24) is 9.97 Å². The van der Waals surface area contributed by atoms with Gasteiger partial charge in [-0.05, 0) is 36.2 Å². The Kier molecular flexibility index (Phi) is 5.81. The summed E-state index contributed by atoms with van der Waals surface area (Å²) in [4.78, 5) is 8.65. The van der Waals surface area contributed by atoms with E-state index in [0.29, 0.717) is 12.6 Å². The van der Waals surface area contributed by atoms with Crippen molar-refractivity contribution < 1.29 is 4.74 Å². The van der Waals surface area contributed by atoms with Crippen molar-refractivity contribution in [3.05, 3.63) is 10.7 Å². The Morgan fingerprint density at radius 1 is 1.44 bits per heavy atom. The minimum absolute atomic E-state index is 0.187. The molecule has 6 heteroatoms. The van der Waals surface area contributed by atoms with Gasteiger partial charge in [0.25, 0.3) is 0 Å². The molecule has 1 aromatic heterocycles. The lowest BCUT2D eigenvalue weighted by Gasteiger charge is -2.26. The molecule has 0 spiro atoms. The second kappa shape index (κ2) is 6.89. The summed E-state index contributed by atoms with van der Waals surface area (Å²) in [6.07, 6.45) is 2.79. The van der Waals surface area contributed by atoms with Crippen LogP contribution in [0.3, 0.4) is 0 Å². The van der Waals surface area contributed by atoms with E-state index in [-0.39, 0.29) is 5.54 Å². The first-order valence-electron chi connectivity index (χ1n) is 6.02. The van der Waals surface area contributed by atoms with Crippen LogP contribution in [-0.2, 0) is 4.74 Å². The maximum absolute atomic E-state index is 5.18. The van der Waals surface area contributed by atoms with Gasteiger partial charge in [-0.2, -0.15) is 4.98 Å². The molecule has 1 aromatic rings. The molecule has 0 unspecified atom stereocenters. The molecule has 0 radical (unpaired) electrons. The predicted octanol–water partition coefficient (Wildman–Crippen LogP) is 2.90. The summed E-state index contributed by atoms with van der Waals surface area (Å²) < 4.78 is 6.02. The number of anilines is 2. The largest absolute Gasteiger partial charge is 0.382 e. The van der Waals surface area contributed by atoms with E-state index in [2.05, 4.69) is 57.3 Å². The van der Waals surface area contributed by atoms with E-state index in [0.717, 1.165) is 23.3 Å². The smallest absolute Gasteiger partial charge is 0.224 e. The zero-order valence-electron chi connectivity index (χ0n) is 11.4. The van der Waals surface area contributed by atoms with E-state index in [9.17, 15) is 0 Å². The molecule has 0 amide bonds. The van der Waals surface area contributed by atoms with Gasteiger partial charge in [0.1, 0.15) is 5.82 Å². The third-order valence-corrected chi connectivity index (χ3v) is 2.82. The van der Waals surface area contributed by atoms with E-state index in [4.69, 9.17) is 4.74 Å². The van der Waals surface area contributed by atoms with Crippen LogP contribution in [0.5, 0.6) is 0 Å². The van der Waals surface area contributed by atoms with Crippen LogP contribution >= 0.6 is 15.9 Å². The number of hydrogen-bond donors (Lipinski definition) is 2. The van der Waals surface area contributed by atoms with Crippen molar-refractivity contribution in [2.45, 2.75) is 32.7 Å². The molecule has 1 heterocycles. The number of nitrogens with one attached hydrogen (secondary N) is 2. The molecule has 0 aliphatic rings. The van der Waals surface area contributed by atoms with Gasteiger partial charge in [-0.15, -0.1) is 0 Å². The number of ether oxygens (including phenoxy) is 1. The second-order valence-corrected chi connectivity index (χ2v) is 5.61. The quantitative estimate of drug-likeness (QED) is 0.810. The molecular weight excluding hydrogens is 296 g/mol. The average Bonchev–Trinajstić information content (AvgIpc) is 2.29. The van der Waals surface area contributed by atoms with E-state index in [1.54, 1.807) is 13.3 Å². The first kappa shape index (κ1) is 15.2. The highest BCUT2D eigenvalue weighted by molar-refractivity contribution is 9.10. The second-order valence-electron chi connectivity index (χ2n) is 4.76. The van der Waals surface area contributed by atoms with Gasteiger partial charge in [0.2, 0.25) is 5.95 Å². The van der Waals surface area contributed by atoms with E-state index < -0.39 is 0 Å². The summed E-state index contributed by atoms with van der Waals surface area (Å²) in [7, 11) is 1.69. The van der Waals surface area contributed by atoms with Gasteiger partial charge >= 0.3 is 0 Å². The molecule has 5 nitrogen and oxygen atoms in total. The van der Waals surface area contributed by atoms with Gasteiger partial charge < -0.3 is 15.4 Å². The van der Waals surface area contributed by atoms with Gasteiger partial charge in [-0.1, -0.05) is 6.92 Å². The van der Waals surface area contributed by atoms with Crippen molar-refractivity contribution in [3.63, 3.8) is 0 Å². The molecule has 0 saturated carbocycles. The lowest BCUT2D eigenvalue weighted by molar-refractivity contribution is 0.158. The van der Waals surface area contributed by atoms with Crippen LogP contribution < -0.4 is 10.6 Å². The fourth-order valence-electron chi connectivity index (χ4n) is 1.49. The number of halogens is 1. The van der Waals surface area contributed by atoms with Gasteiger partial charge in [0, 0.05) is 19.9 Å². The molecule has 1 rings (SSSR count). The SMILES string of the molecule is CCCNc1ncc(Br)c(NC(C)(C)COC)n1. The normalized spacial score (nSPS) is 11.4. The Morgan fingerprint density at radius 3 is 2.78 bits per heavy atom. The third-order valence-electron chi connectivity index (χ3n) is 2.24. The Labute approximate surface area is 117 Å². The fourth-order valence-corrected chi connectivity index (χ4v) is 1.78. The molecule has 0 aliphatic carbocycles. The molecule has 0 aromatic carbocycles. The summed E-state index contributed by atoms with van der Waals surface area (Å²) in [5.41, 5.74) is -0.187. The van der Waals surface area contributed by atoms with E-state index in [1.807, 2.05) is 0 Å². The highest BCUT2D eigenvalue weighted by Gasteiger charge is 2.19. The summed E-state index contributed by atoms with van der Waals surface area (Å²) in [6.45, 7) is 7.69. The van der Waals surface area contributed by atoms with Crippen LogP contribution in [0.4, 0.5) is 11.8 Å². The molecule has 102 valence electrons. The van der Waals surface area contributed by atoms with Crippen molar-refractivity contribution in [1.29, 1.82) is 0 Å². The first-order valence-corrected chi connectivity index (χ1v) is 6.81. The first-order chi connectivity index (χ1) is 8.48. The number of hydrogen-bond acceptors (Lipinski definition) is 5. The lowest BCUT2D eigenvalue weighted by Crippen LogP contribution is -2.36. The third kappa shape index (κ3) is 4.78. The number of methoxy groups -OCH3 is 1. The van der Waals surface area contributed by atoms with Crippen molar-refractivity contribution >= 4 is 27.7 Å². The molecule has 18 heavy (non-hydrogen) atoms. The minimum atomic E-state index is -0.187. The number of nitrogens with zero attached hydrogens (tertiary/aromatic N) is 2. The molecule has 0 atom stereocenters. The van der Waals surface area contributed by atoms with E-state index >= 15 is 0 Å². The van der Waals surface area contributed by atoms with Crippen LogP contribution in [0.1, 0.15) is 27.2 Å². The lowest BCUT2D eigenvalue weighted by atomic mass is 10.1. The van der Waals surface area contributed by atoms with Crippen LogP contribution in [0.2, 0.25) is 0 Å². The Bertz CT molecular complexity index is 384. The standard InChI is InChI=1S/C12H21BrN4O/c1-5-6-14-11-15-7-9(13)10(16-11)17-12(2,3)8-18-4/h7H,5-6,8H2,1-4H3,(H2,14,15,16,17). The summed E-state index contributed by atoms with van der Waals surface area (Å²) in [6, 6.07) is 0. The molecule has 0 fully saturated rings. The Balaban J connectivity index is 2.80. The van der Waals surface area contributed by atoms with Crippen LogP contribution in [-0.4, -0.2) is 35.8 Å². The topological polar surface area (TPSA) is 59.1 Å². The van der Waals surface area contributed by atoms with Crippen molar-refractivity contribution in [3.8, 4) is 0 Å². The van der Waals surface area contributed by atoms with Crippen LogP contribution in [0.15, 0.2) is 10.7 Å². The molecule has 0 aliphatic heterocycles. The highest BCUT2D eigenvalue weighted by Crippen LogP contribution is 2.23. The zero-order chi connectivity index (χ0) is 13.6. The molecule has 2 N–H and O–H groups in total. The van der Waals surface area contributed by atoms with Gasteiger partial charge in [-0.25, -0.2) is 4.98 Å².